The first-order valence-corrected chi connectivity index (χ1v) is 13.6. The van der Waals surface area contributed by atoms with E-state index in [1.165, 1.54) is 31.4 Å². The van der Waals surface area contributed by atoms with Gasteiger partial charge in [0, 0.05) is 30.3 Å². The summed E-state index contributed by atoms with van der Waals surface area (Å²) < 4.78 is 19.0. The van der Waals surface area contributed by atoms with E-state index >= 15 is 0 Å². The average Bonchev–Trinajstić information content (AvgIpc) is 3.39. The molecule has 2 aliphatic rings. The Morgan fingerprint density at radius 1 is 1.03 bits per heavy atom. The summed E-state index contributed by atoms with van der Waals surface area (Å²) in [6.07, 6.45) is 6.91. The summed E-state index contributed by atoms with van der Waals surface area (Å²) in [5.41, 5.74) is 1.32. The molecule has 1 atom stereocenters. The van der Waals surface area contributed by atoms with Crippen LogP contribution in [-0.2, 0) is 10.2 Å². The van der Waals surface area contributed by atoms with Crippen LogP contribution in [-0.4, -0.2) is 46.0 Å². The number of nitrogens with one attached hydrogen (secondary N) is 1. The molecule has 0 unspecified atom stereocenters. The zero-order valence-corrected chi connectivity index (χ0v) is 22.1. The topological polar surface area (TPSA) is 88.3 Å². The molecule has 3 aromatic rings. The molecule has 38 heavy (non-hydrogen) atoms. The molecule has 7 nitrogen and oxygen atoms in total. The predicted octanol–water partition coefficient (Wildman–Crippen LogP) is 5.44. The molecule has 1 aliphatic heterocycles. The maximum absolute atomic E-state index is 13.9. The van der Waals surface area contributed by atoms with Crippen molar-refractivity contribution in [2.45, 2.75) is 70.3 Å². The number of hydrogen-bond acceptors (Lipinski definition) is 5. The first-order valence-electron chi connectivity index (χ1n) is 13.6. The van der Waals surface area contributed by atoms with Crippen LogP contribution < -0.4 is 5.32 Å². The van der Waals surface area contributed by atoms with Gasteiger partial charge in [0.05, 0.1) is 5.41 Å². The van der Waals surface area contributed by atoms with Gasteiger partial charge in [-0.3, -0.25) is 9.59 Å². The lowest BCUT2D eigenvalue weighted by Crippen LogP contribution is -2.55. The Kier molecular flexibility index (Phi) is 7.58. The number of likely N-dealkylation sites (tertiary alicyclic amines) is 1. The number of hydrogen-bond donors (Lipinski definition) is 1. The molecule has 5 rings (SSSR count). The normalized spacial score (nSPS) is 18.7. The van der Waals surface area contributed by atoms with E-state index in [0.29, 0.717) is 49.1 Å². The number of halogens is 1. The molecular weight excluding hydrogens is 483 g/mol. The van der Waals surface area contributed by atoms with Gasteiger partial charge in [0.1, 0.15) is 5.82 Å². The molecule has 1 saturated heterocycles. The van der Waals surface area contributed by atoms with E-state index in [4.69, 9.17) is 4.52 Å². The summed E-state index contributed by atoms with van der Waals surface area (Å²) in [7, 11) is 0. The Bertz CT molecular complexity index is 1260. The number of piperidine rings is 1. The zero-order chi connectivity index (χ0) is 26.7. The minimum atomic E-state index is -0.799. The number of nitrogens with zero attached hydrogens (tertiary/aromatic N) is 3. The molecule has 0 spiro atoms. The smallest absolute Gasteiger partial charge is 0.257 e. The predicted molar refractivity (Wildman–Crippen MR) is 142 cm³/mol. The lowest BCUT2D eigenvalue weighted by atomic mass is 9.71. The molecule has 200 valence electrons. The van der Waals surface area contributed by atoms with Gasteiger partial charge < -0.3 is 14.7 Å². The molecular formula is C30H35FN4O3. The van der Waals surface area contributed by atoms with E-state index in [1.807, 2.05) is 0 Å². The summed E-state index contributed by atoms with van der Waals surface area (Å²) in [6.45, 7) is 4.73. The van der Waals surface area contributed by atoms with E-state index in [-0.39, 0.29) is 23.7 Å². The molecule has 2 fully saturated rings. The van der Waals surface area contributed by atoms with Gasteiger partial charge in [-0.05, 0) is 87.4 Å². The van der Waals surface area contributed by atoms with Crippen molar-refractivity contribution in [1.29, 1.82) is 0 Å². The molecule has 1 N–H and O–H groups in total. The van der Waals surface area contributed by atoms with Crippen LogP contribution in [0, 0.1) is 18.7 Å². The maximum atomic E-state index is 13.9. The number of carbonyl (C=O) groups is 2. The largest absolute Gasteiger partial charge is 0.353 e. The highest BCUT2D eigenvalue weighted by atomic mass is 19.1. The first kappa shape index (κ1) is 26.1. The molecule has 0 bridgehead atoms. The Labute approximate surface area is 222 Å². The van der Waals surface area contributed by atoms with Crippen LogP contribution >= 0.6 is 0 Å². The van der Waals surface area contributed by atoms with Gasteiger partial charge in [-0.2, -0.15) is 4.98 Å². The quantitative estimate of drug-likeness (QED) is 0.469. The minimum Gasteiger partial charge on any atom is -0.353 e. The van der Waals surface area contributed by atoms with Crippen molar-refractivity contribution in [2.24, 2.45) is 5.92 Å². The summed E-state index contributed by atoms with van der Waals surface area (Å²) in [5, 5.41) is 7.13. The summed E-state index contributed by atoms with van der Waals surface area (Å²) in [4.78, 5) is 33.2. The molecule has 8 heteroatoms. The van der Waals surface area contributed by atoms with E-state index < -0.39 is 5.41 Å². The number of benzene rings is 2. The number of carbonyl (C=O) groups excluding carboxylic acids is 2. The highest BCUT2D eigenvalue weighted by Gasteiger charge is 2.44. The van der Waals surface area contributed by atoms with Gasteiger partial charge in [0.25, 0.3) is 11.8 Å². The number of rotatable bonds is 6. The van der Waals surface area contributed by atoms with Crippen molar-refractivity contribution in [3.8, 4) is 11.5 Å². The van der Waals surface area contributed by atoms with Gasteiger partial charge in [0.2, 0.25) is 5.91 Å². The second kappa shape index (κ2) is 11.1. The minimum absolute atomic E-state index is 0.0199. The Hall–Kier alpha value is -3.55. The lowest BCUT2D eigenvalue weighted by molar-refractivity contribution is -0.129. The Balaban J connectivity index is 1.30. The maximum Gasteiger partial charge on any atom is 0.257 e. The van der Waals surface area contributed by atoms with Crippen molar-refractivity contribution >= 4 is 11.8 Å². The average molecular weight is 519 g/mol. The van der Waals surface area contributed by atoms with Gasteiger partial charge in [0.15, 0.2) is 5.82 Å². The summed E-state index contributed by atoms with van der Waals surface area (Å²) >= 11 is 0. The van der Waals surface area contributed by atoms with Crippen LogP contribution in [0.3, 0.4) is 0 Å². The third-order valence-corrected chi connectivity index (χ3v) is 8.36. The first-order chi connectivity index (χ1) is 18.4. The molecule has 2 aromatic carbocycles. The highest BCUT2D eigenvalue weighted by molar-refractivity contribution is 5.95. The van der Waals surface area contributed by atoms with Crippen LogP contribution in [0.5, 0.6) is 0 Å². The fourth-order valence-corrected chi connectivity index (χ4v) is 5.96. The molecule has 1 saturated carbocycles. The SMILES string of the molecule is Cc1noc(-c2ccc(C(=O)N3CCC(C(=O)N[C@@H](C)C4CCCCC4)(c4ccc(F)cc4)CC3)cc2)n1. The molecule has 0 radical (unpaired) electrons. The van der Waals surface area contributed by atoms with E-state index in [0.717, 1.165) is 24.0 Å². The third-order valence-electron chi connectivity index (χ3n) is 8.36. The number of aromatic nitrogens is 2. The highest BCUT2D eigenvalue weighted by Crippen LogP contribution is 2.37. The van der Waals surface area contributed by atoms with E-state index in [9.17, 15) is 14.0 Å². The van der Waals surface area contributed by atoms with Crippen LogP contribution in [0.2, 0.25) is 0 Å². The number of amides is 2. The second-order valence-corrected chi connectivity index (χ2v) is 10.8. The second-order valence-electron chi connectivity index (χ2n) is 10.8. The molecule has 1 aliphatic carbocycles. The van der Waals surface area contributed by atoms with Crippen molar-refractivity contribution < 1.29 is 18.5 Å². The van der Waals surface area contributed by atoms with Gasteiger partial charge >= 0.3 is 0 Å². The fourth-order valence-electron chi connectivity index (χ4n) is 5.96. The molecule has 2 amide bonds. The lowest BCUT2D eigenvalue weighted by Gasteiger charge is -2.42. The van der Waals surface area contributed by atoms with Gasteiger partial charge in [-0.15, -0.1) is 0 Å². The monoisotopic (exact) mass is 518 g/mol. The van der Waals surface area contributed by atoms with E-state index in [2.05, 4.69) is 22.4 Å². The Morgan fingerprint density at radius 2 is 1.68 bits per heavy atom. The standard InChI is InChI=1S/C30H35FN4O3/c1-20(22-6-4-3-5-7-22)32-29(37)30(25-12-14-26(31)15-13-25)16-18-35(19-17-30)28(36)24-10-8-23(9-11-24)27-33-21(2)34-38-27/h8-15,20,22H,3-7,16-19H2,1-2H3,(H,32,37)/t20-/m0/s1. The third kappa shape index (κ3) is 5.35. The van der Waals surface area contributed by atoms with Crippen molar-refractivity contribution in [2.75, 3.05) is 13.1 Å². The van der Waals surface area contributed by atoms with Crippen LogP contribution in [0.15, 0.2) is 53.1 Å². The fraction of sp³-hybridized carbons (Fsp3) is 0.467. The van der Waals surface area contributed by atoms with Crippen molar-refractivity contribution in [1.82, 2.24) is 20.4 Å². The molecule has 1 aromatic heterocycles. The van der Waals surface area contributed by atoms with Crippen molar-refractivity contribution in [3.05, 3.63) is 71.3 Å². The Morgan fingerprint density at radius 3 is 2.29 bits per heavy atom. The van der Waals surface area contributed by atoms with Crippen molar-refractivity contribution in [3.63, 3.8) is 0 Å². The van der Waals surface area contributed by atoms with E-state index in [1.54, 1.807) is 48.2 Å². The van der Waals surface area contributed by atoms with Gasteiger partial charge in [-0.1, -0.05) is 36.6 Å². The number of aryl methyl sites for hydroxylation is 1. The van der Waals surface area contributed by atoms with Crippen LogP contribution in [0.25, 0.3) is 11.5 Å². The summed E-state index contributed by atoms with van der Waals surface area (Å²) in [6, 6.07) is 13.5. The van der Waals surface area contributed by atoms with Crippen LogP contribution in [0.4, 0.5) is 4.39 Å². The van der Waals surface area contributed by atoms with Crippen LogP contribution in [0.1, 0.15) is 73.6 Å². The summed E-state index contributed by atoms with van der Waals surface area (Å²) in [5.74, 6) is 1.02. The molecule has 2 heterocycles. The van der Waals surface area contributed by atoms with Gasteiger partial charge in [-0.25, -0.2) is 4.39 Å². The zero-order valence-electron chi connectivity index (χ0n) is 22.1.